The molecule has 0 spiro atoms. The first kappa shape index (κ1) is 11.7. The van der Waals surface area contributed by atoms with E-state index in [0.717, 1.165) is 18.5 Å². The van der Waals surface area contributed by atoms with Crippen molar-refractivity contribution in [2.75, 3.05) is 13.1 Å². The number of hydrogen-bond donors (Lipinski definition) is 1. The first-order valence-corrected chi connectivity index (χ1v) is 7.82. The lowest BCUT2D eigenvalue weighted by atomic mass is 9.85. The van der Waals surface area contributed by atoms with Gasteiger partial charge in [-0.3, -0.25) is 4.90 Å². The zero-order valence-corrected chi connectivity index (χ0v) is 11.2. The Bertz CT molecular complexity index is 349. The number of thiophene rings is 1. The lowest BCUT2D eigenvalue weighted by Crippen LogP contribution is -2.40. The van der Waals surface area contributed by atoms with Gasteiger partial charge in [-0.15, -0.1) is 0 Å². The lowest BCUT2D eigenvalue weighted by Gasteiger charge is -2.36. The summed E-state index contributed by atoms with van der Waals surface area (Å²) in [6, 6.07) is 3.53. The summed E-state index contributed by atoms with van der Waals surface area (Å²) in [4.78, 5) is 2.70. The molecule has 2 heterocycles. The van der Waals surface area contributed by atoms with E-state index in [2.05, 4.69) is 21.7 Å². The van der Waals surface area contributed by atoms with Gasteiger partial charge < -0.3 is 5.73 Å². The molecule has 0 radical (unpaired) electrons. The van der Waals surface area contributed by atoms with Gasteiger partial charge in [-0.05, 0) is 54.1 Å². The topological polar surface area (TPSA) is 29.3 Å². The number of likely N-dealkylation sites (tertiary alicyclic amines) is 1. The predicted molar refractivity (Wildman–Crippen MR) is 73.2 cm³/mol. The van der Waals surface area contributed by atoms with E-state index in [1.165, 1.54) is 44.2 Å². The van der Waals surface area contributed by atoms with Gasteiger partial charge in [-0.2, -0.15) is 11.3 Å². The number of nitrogens with zero attached hydrogens (tertiary/aromatic N) is 1. The van der Waals surface area contributed by atoms with Crippen molar-refractivity contribution >= 4 is 11.3 Å². The summed E-state index contributed by atoms with van der Waals surface area (Å²) in [6.07, 6.45) is 7.10. The van der Waals surface area contributed by atoms with Crippen molar-refractivity contribution in [2.45, 2.75) is 44.2 Å². The Morgan fingerprint density at radius 1 is 1.35 bits per heavy atom. The number of nitrogens with two attached hydrogens (primary N) is 1. The Hall–Kier alpha value is -0.380. The van der Waals surface area contributed by atoms with E-state index in [4.69, 9.17) is 5.73 Å². The summed E-state index contributed by atoms with van der Waals surface area (Å²) < 4.78 is 0. The summed E-state index contributed by atoms with van der Waals surface area (Å²) in [6.45, 7) is 2.02. The molecule has 2 N–H and O–H groups in total. The largest absolute Gasteiger partial charge is 0.329 e. The van der Waals surface area contributed by atoms with E-state index in [9.17, 15) is 0 Å². The van der Waals surface area contributed by atoms with E-state index < -0.39 is 0 Å². The van der Waals surface area contributed by atoms with Crippen LogP contribution in [0.4, 0.5) is 0 Å². The maximum atomic E-state index is 6.03. The third-order valence-corrected chi connectivity index (χ3v) is 5.31. The summed E-state index contributed by atoms with van der Waals surface area (Å²) in [5.74, 6) is 0.955. The molecule has 3 atom stereocenters. The van der Waals surface area contributed by atoms with Crippen LogP contribution >= 0.6 is 11.3 Å². The van der Waals surface area contributed by atoms with Crippen LogP contribution in [0.25, 0.3) is 0 Å². The van der Waals surface area contributed by atoms with E-state index in [0.29, 0.717) is 6.04 Å². The minimum absolute atomic E-state index is 0.467. The summed E-state index contributed by atoms with van der Waals surface area (Å²) in [5, 5.41) is 4.44. The summed E-state index contributed by atoms with van der Waals surface area (Å²) in [5.41, 5.74) is 7.46. The summed E-state index contributed by atoms with van der Waals surface area (Å²) >= 11 is 1.79. The SMILES string of the molecule is NCC(c1ccsc1)N1CCC2CCCCC21. The van der Waals surface area contributed by atoms with Crippen molar-refractivity contribution in [1.29, 1.82) is 0 Å². The first-order chi connectivity index (χ1) is 8.40. The molecular formula is C14H22N2S. The monoisotopic (exact) mass is 250 g/mol. The smallest absolute Gasteiger partial charge is 0.0481 e. The Kier molecular flexibility index (Phi) is 3.50. The minimum Gasteiger partial charge on any atom is -0.329 e. The van der Waals surface area contributed by atoms with Gasteiger partial charge >= 0.3 is 0 Å². The van der Waals surface area contributed by atoms with Crippen molar-refractivity contribution in [2.24, 2.45) is 11.7 Å². The van der Waals surface area contributed by atoms with Crippen molar-refractivity contribution in [3.63, 3.8) is 0 Å². The molecule has 0 amide bonds. The molecule has 1 aromatic rings. The van der Waals surface area contributed by atoms with Gasteiger partial charge in [0.15, 0.2) is 0 Å². The Labute approximate surface area is 108 Å². The van der Waals surface area contributed by atoms with Gasteiger partial charge in [0.25, 0.3) is 0 Å². The van der Waals surface area contributed by atoms with Crippen molar-refractivity contribution in [3.8, 4) is 0 Å². The molecule has 1 aliphatic heterocycles. The molecule has 0 aromatic carbocycles. The quantitative estimate of drug-likeness (QED) is 0.893. The van der Waals surface area contributed by atoms with Gasteiger partial charge in [0.05, 0.1) is 0 Å². The van der Waals surface area contributed by atoms with Crippen LogP contribution in [0.15, 0.2) is 16.8 Å². The first-order valence-electron chi connectivity index (χ1n) is 6.88. The average molecular weight is 250 g/mol. The molecule has 3 rings (SSSR count). The van der Waals surface area contributed by atoms with Gasteiger partial charge in [0.2, 0.25) is 0 Å². The number of rotatable bonds is 3. The van der Waals surface area contributed by atoms with E-state index in [1.807, 2.05) is 0 Å². The molecule has 94 valence electrons. The number of fused-ring (bicyclic) bond motifs is 1. The second-order valence-corrected chi connectivity index (χ2v) is 6.23. The number of hydrogen-bond acceptors (Lipinski definition) is 3. The second-order valence-electron chi connectivity index (χ2n) is 5.45. The van der Waals surface area contributed by atoms with Gasteiger partial charge in [-0.25, -0.2) is 0 Å². The van der Waals surface area contributed by atoms with Crippen molar-refractivity contribution < 1.29 is 0 Å². The molecule has 0 bridgehead atoms. The molecule has 2 fully saturated rings. The van der Waals surface area contributed by atoms with Crippen molar-refractivity contribution in [3.05, 3.63) is 22.4 Å². The van der Waals surface area contributed by atoms with Crippen LogP contribution in [-0.2, 0) is 0 Å². The van der Waals surface area contributed by atoms with Gasteiger partial charge in [0.1, 0.15) is 0 Å². The fraction of sp³-hybridized carbons (Fsp3) is 0.714. The highest BCUT2D eigenvalue weighted by atomic mass is 32.1. The molecule has 1 aliphatic carbocycles. The molecular weight excluding hydrogens is 228 g/mol. The van der Waals surface area contributed by atoms with Gasteiger partial charge in [-0.1, -0.05) is 12.8 Å². The van der Waals surface area contributed by atoms with Crippen LogP contribution in [-0.4, -0.2) is 24.0 Å². The van der Waals surface area contributed by atoms with E-state index in [-0.39, 0.29) is 0 Å². The molecule has 2 nitrogen and oxygen atoms in total. The highest BCUT2D eigenvalue weighted by Gasteiger charge is 2.38. The lowest BCUT2D eigenvalue weighted by molar-refractivity contribution is 0.135. The average Bonchev–Trinajstić information content (AvgIpc) is 3.01. The van der Waals surface area contributed by atoms with E-state index in [1.54, 1.807) is 11.3 Å². The molecule has 2 aliphatic rings. The molecule has 1 aromatic heterocycles. The maximum absolute atomic E-state index is 6.03. The third kappa shape index (κ3) is 2.16. The van der Waals surface area contributed by atoms with Crippen LogP contribution < -0.4 is 5.73 Å². The second kappa shape index (κ2) is 5.09. The molecule has 17 heavy (non-hydrogen) atoms. The Morgan fingerprint density at radius 3 is 3.00 bits per heavy atom. The highest BCUT2D eigenvalue weighted by molar-refractivity contribution is 7.07. The van der Waals surface area contributed by atoms with Crippen LogP contribution in [0.5, 0.6) is 0 Å². The summed E-state index contributed by atoms with van der Waals surface area (Å²) in [7, 11) is 0. The van der Waals surface area contributed by atoms with Crippen LogP contribution in [0.1, 0.15) is 43.7 Å². The van der Waals surface area contributed by atoms with E-state index >= 15 is 0 Å². The van der Waals surface area contributed by atoms with Crippen LogP contribution in [0.2, 0.25) is 0 Å². The fourth-order valence-corrected chi connectivity index (χ4v) is 4.46. The normalized spacial score (nSPS) is 31.4. The Morgan fingerprint density at radius 2 is 2.24 bits per heavy atom. The van der Waals surface area contributed by atoms with Crippen molar-refractivity contribution in [1.82, 2.24) is 4.90 Å². The predicted octanol–water partition coefficient (Wildman–Crippen LogP) is 3.01. The third-order valence-electron chi connectivity index (χ3n) is 4.60. The van der Waals surface area contributed by atoms with Gasteiger partial charge in [0, 0.05) is 18.6 Å². The Balaban J connectivity index is 1.78. The molecule has 1 saturated carbocycles. The zero-order valence-electron chi connectivity index (χ0n) is 10.3. The maximum Gasteiger partial charge on any atom is 0.0481 e. The zero-order chi connectivity index (χ0) is 11.7. The standard InChI is InChI=1S/C14H22N2S/c15-9-14(12-6-8-17-10-12)16-7-5-11-3-1-2-4-13(11)16/h6,8,10-11,13-14H,1-5,7,9,15H2. The van der Waals surface area contributed by atoms with Crippen LogP contribution in [0.3, 0.4) is 0 Å². The molecule has 1 saturated heterocycles. The minimum atomic E-state index is 0.467. The fourth-order valence-electron chi connectivity index (χ4n) is 3.76. The highest BCUT2D eigenvalue weighted by Crippen LogP contribution is 2.40. The molecule has 3 heteroatoms. The molecule has 3 unspecified atom stereocenters. The van der Waals surface area contributed by atoms with Crippen LogP contribution in [0, 0.1) is 5.92 Å².